The van der Waals surface area contributed by atoms with Crippen molar-refractivity contribution in [1.82, 2.24) is 0 Å². The van der Waals surface area contributed by atoms with E-state index in [0.29, 0.717) is 0 Å². The van der Waals surface area contributed by atoms with Crippen molar-refractivity contribution >= 4 is 28.7 Å². The van der Waals surface area contributed by atoms with Crippen molar-refractivity contribution in [2.75, 3.05) is 12.4 Å². The van der Waals surface area contributed by atoms with Gasteiger partial charge in [0.05, 0.1) is 0 Å². The fourth-order valence-corrected chi connectivity index (χ4v) is 3.16. The van der Waals surface area contributed by atoms with Crippen molar-refractivity contribution in [3.8, 4) is 0 Å². The number of rotatable bonds is 5. The first kappa shape index (κ1) is 15.3. The largest absolute Gasteiger partial charge is 0.388 e. The van der Waals surface area contributed by atoms with Crippen LogP contribution in [0.5, 0.6) is 0 Å². The maximum Gasteiger partial charge on any atom is 0.0348 e. The summed E-state index contributed by atoms with van der Waals surface area (Å²) in [5.41, 5.74) is 4.81. The normalized spacial score (nSPS) is 11.8. The number of anilines is 1. The third-order valence-corrected chi connectivity index (χ3v) is 4.53. The summed E-state index contributed by atoms with van der Waals surface area (Å²) in [6.07, 6.45) is 6.44. The van der Waals surface area contributed by atoms with E-state index in [1.54, 1.807) is 11.3 Å². The molecule has 0 saturated carbocycles. The summed E-state index contributed by atoms with van der Waals surface area (Å²) >= 11 is 1.77. The second-order valence-electron chi connectivity index (χ2n) is 5.15. The van der Waals surface area contributed by atoms with Crippen LogP contribution in [0.4, 0.5) is 5.69 Å². The zero-order valence-electron chi connectivity index (χ0n) is 13.1. The Morgan fingerprint density at radius 2 is 1.70 bits per heavy atom. The van der Waals surface area contributed by atoms with Gasteiger partial charge in [0.1, 0.15) is 0 Å². The zero-order chi connectivity index (χ0) is 15.9. The highest BCUT2D eigenvalue weighted by Crippen LogP contribution is 2.27. The van der Waals surface area contributed by atoms with Crippen LogP contribution < -0.4 is 5.32 Å². The van der Waals surface area contributed by atoms with Gasteiger partial charge >= 0.3 is 0 Å². The predicted molar refractivity (Wildman–Crippen MR) is 103 cm³/mol. The molecule has 1 nitrogen and oxygen atoms in total. The molecule has 1 heterocycles. The van der Waals surface area contributed by atoms with Gasteiger partial charge in [-0.25, -0.2) is 0 Å². The Morgan fingerprint density at radius 1 is 0.913 bits per heavy atom. The molecule has 1 aromatic heterocycles. The zero-order valence-corrected chi connectivity index (χ0v) is 13.9. The average Bonchev–Trinajstić information content (AvgIpc) is 3.14. The number of hydrogen-bond acceptors (Lipinski definition) is 2. The average molecular weight is 317 g/mol. The van der Waals surface area contributed by atoms with E-state index >= 15 is 0 Å². The molecule has 3 aromatic rings. The first-order valence-corrected chi connectivity index (χ1v) is 8.50. The standard InChI is InChI=1S/C21H19NS/c1-22-19-14-12-17(13-15-19)7-5-10-20(21-11-6-16-23-21)18-8-3-2-4-9-18/h2-16,22H,1H3. The molecule has 0 radical (unpaired) electrons. The minimum Gasteiger partial charge on any atom is -0.388 e. The summed E-state index contributed by atoms with van der Waals surface area (Å²) in [5, 5.41) is 5.25. The SMILES string of the molecule is CNc1ccc(C=CC=C(c2ccccc2)c2cccs2)cc1. The van der Waals surface area contributed by atoms with Crippen LogP contribution in [0.15, 0.2) is 84.3 Å². The molecule has 1 N–H and O–H groups in total. The number of allylic oxidation sites excluding steroid dienone is 2. The van der Waals surface area contributed by atoms with Gasteiger partial charge in [0, 0.05) is 17.6 Å². The lowest BCUT2D eigenvalue weighted by molar-refractivity contribution is 1.50. The molecule has 0 aliphatic rings. The summed E-state index contributed by atoms with van der Waals surface area (Å²) in [5.74, 6) is 0. The molecule has 0 atom stereocenters. The van der Waals surface area contributed by atoms with Gasteiger partial charge in [0.15, 0.2) is 0 Å². The predicted octanol–water partition coefficient (Wildman–Crippen LogP) is 5.93. The van der Waals surface area contributed by atoms with E-state index in [2.05, 4.69) is 95.7 Å². The Labute approximate surface area is 141 Å². The van der Waals surface area contributed by atoms with Crippen molar-refractivity contribution < 1.29 is 0 Å². The quantitative estimate of drug-likeness (QED) is 0.575. The maximum absolute atomic E-state index is 3.13. The second-order valence-corrected chi connectivity index (χ2v) is 6.10. The Kier molecular flexibility index (Phi) is 5.07. The highest BCUT2D eigenvalue weighted by atomic mass is 32.1. The minimum atomic E-state index is 1.13. The first-order chi connectivity index (χ1) is 11.4. The third kappa shape index (κ3) is 3.99. The lowest BCUT2D eigenvalue weighted by atomic mass is 10.0. The van der Waals surface area contributed by atoms with Gasteiger partial charge in [-0.2, -0.15) is 0 Å². The first-order valence-electron chi connectivity index (χ1n) is 7.62. The summed E-state index contributed by atoms with van der Waals surface area (Å²) in [6.45, 7) is 0. The minimum absolute atomic E-state index is 1.13. The molecule has 0 fully saturated rings. The smallest absolute Gasteiger partial charge is 0.0348 e. The highest BCUT2D eigenvalue weighted by Gasteiger charge is 2.04. The van der Waals surface area contributed by atoms with Crippen LogP contribution >= 0.6 is 11.3 Å². The molecule has 3 rings (SSSR count). The molecule has 114 valence electrons. The maximum atomic E-state index is 3.13. The van der Waals surface area contributed by atoms with E-state index in [4.69, 9.17) is 0 Å². The van der Waals surface area contributed by atoms with E-state index in [1.807, 2.05) is 7.05 Å². The molecule has 0 bridgehead atoms. The van der Waals surface area contributed by atoms with Gasteiger partial charge in [-0.1, -0.05) is 66.8 Å². The van der Waals surface area contributed by atoms with Crippen LogP contribution in [0.3, 0.4) is 0 Å². The molecule has 0 spiro atoms. The highest BCUT2D eigenvalue weighted by molar-refractivity contribution is 7.11. The van der Waals surface area contributed by atoms with Crippen molar-refractivity contribution in [3.05, 3.63) is 100 Å². The van der Waals surface area contributed by atoms with Gasteiger partial charge in [-0.3, -0.25) is 0 Å². The third-order valence-electron chi connectivity index (χ3n) is 3.62. The molecule has 0 aliphatic carbocycles. The molecule has 0 aliphatic heterocycles. The van der Waals surface area contributed by atoms with Crippen LogP contribution in [0, 0.1) is 0 Å². The molecule has 0 unspecified atom stereocenters. The summed E-state index contributed by atoms with van der Waals surface area (Å²) in [7, 11) is 1.93. The summed E-state index contributed by atoms with van der Waals surface area (Å²) < 4.78 is 0. The molecule has 2 heteroatoms. The van der Waals surface area contributed by atoms with E-state index in [9.17, 15) is 0 Å². The molecule has 0 saturated heterocycles. The van der Waals surface area contributed by atoms with Gasteiger partial charge in [-0.15, -0.1) is 11.3 Å². The van der Waals surface area contributed by atoms with Crippen molar-refractivity contribution in [1.29, 1.82) is 0 Å². The number of nitrogens with one attached hydrogen (secondary N) is 1. The van der Waals surface area contributed by atoms with Crippen LogP contribution in [0.25, 0.3) is 11.6 Å². The van der Waals surface area contributed by atoms with E-state index in [-0.39, 0.29) is 0 Å². The fourth-order valence-electron chi connectivity index (χ4n) is 2.39. The van der Waals surface area contributed by atoms with Crippen molar-refractivity contribution in [2.24, 2.45) is 0 Å². The Bertz CT molecular complexity index is 782. The van der Waals surface area contributed by atoms with Crippen molar-refractivity contribution in [2.45, 2.75) is 0 Å². The van der Waals surface area contributed by atoms with E-state index in [1.165, 1.54) is 21.6 Å². The Morgan fingerprint density at radius 3 is 2.35 bits per heavy atom. The lowest BCUT2D eigenvalue weighted by Gasteiger charge is -2.04. The molecule has 0 amide bonds. The van der Waals surface area contributed by atoms with Crippen molar-refractivity contribution in [3.63, 3.8) is 0 Å². The van der Waals surface area contributed by atoms with Gasteiger partial charge in [-0.05, 0) is 40.3 Å². The van der Waals surface area contributed by atoms with Crippen LogP contribution in [0.1, 0.15) is 16.0 Å². The Hall–Kier alpha value is -2.58. The number of thiophene rings is 1. The molecular weight excluding hydrogens is 298 g/mol. The second kappa shape index (κ2) is 7.61. The van der Waals surface area contributed by atoms with Gasteiger partial charge in [0.25, 0.3) is 0 Å². The lowest BCUT2D eigenvalue weighted by Crippen LogP contribution is -1.86. The van der Waals surface area contributed by atoms with E-state index in [0.717, 1.165) is 5.69 Å². The topological polar surface area (TPSA) is 12.0 Å². The molecular formula is C21H19NS. The summed E-state index contributed by atoms with van der Waals surface area (Å²) in [6, 6.07) is 23.2. The molecule has 23 heavy (non-hydrogen) atoms. The van der Waals surface area contributed by atoms with Gasteiger partial charge < -0.3 is 5.32 Å². The van der Waals surface area contributed by atoms with Crippen LogP contribution in [0.2, 0.25) is 0 Å². The fraction of sp³-hybridized carbons (Fsp3) is 0.0476. The summed E-state index contributed by atoms with van der Waals surface area (Å²) in [4.78, 5) is 1.28. The van der Waals surface area contributed by atoms with Gasteiger partial charge in [0.2, 0.25) is 0 Å². The number of benzene rings is 2. The monoisotopic (exact) mass is 317 g/mol. The Balaban J connectivity index is 1.87. The molecule has 2 aromatic carbocycles. The van der Waals surface area contributed by atoms with E-state index < -0.39 is 0 Å². The number of hydrogen-bond donors (Lipinski definition) is 1. The van der Waals surface area contributed by atoms with Crippen LogP contribution in [-0.4, -0.2) is 7.05 Å². The van der Waals surface area contributed by atoms with Crippen LogP contribution in [-0.2, 0) is 0 Å².